The van der Waals surface area contributed by atoms with E-state index in [4.69, 9.17) is 0 Å². The smallest absolute Gasteiger partial charge is 0.267 e. The lowest BCUT2D eigenvalue weighted by Gasteiger charge is -2.10. The van der Waals surface area contributed by atoms with Gasteiger partial charge in [-0.25, -0.2) is 8.42 Å². The number of hydrogen-bond donors (Lipinski definition) is 2. The molecule has 1 aromatic heterocycles. The van der Waals surface area contributed by atoms with Crippen molar-refractivity contribution < 1.29 is 8.42 Å². The van der Waals surface area contributed by atoms with E-state index in [1.54, 1.807) is 0 Å². The summed E-state index contributed by atoms with van der Waals surface area (Å²) in [6, 6.07) is 0. The molecule has 100 valence electrons. The average Bonchev–Trinajstić information content (AvgIpc) is 2.78. The number of fused-ring (bicyclic) bond motifs is 1. The van der Waals surface area contributed by atoms with E-state index < -0.39 is 10.0 Å². The van der Waals surface area contributed by atoms with Gasteiger partial charge >= 0.3 is 0 Å². The zero-order valence-electron chi connectivity index (χ0n) is 11.0. The summed E-state index contributed by atoms with van der Waals surface area (Å²) in [5.41, 5.74) is 0.622. The van der Waals surface area contributed by atoms with Crippen molar-refractivity contribution in [2.24, 2.45) is 0 Å². The van der Waals surface area contributed by atoms with Gasteiger partial charge in [-0.05, 0) is 0 Å². The number of nitrogens with one attached hydrogen (secondary N) is 2. The van der Waals surface area contributed by atoms with Crippen LogP contribution < -0.4 is 10.6 Å². The van der Waals surface area contributed by atoms with Gasteiger partial charge in [0.15, 0.2) is 5.82 Å². The molecule has 0 atom stereocenters. The minimum Gasteiger partial charge on any atom is -0.354 e. The Morgan fingerprint density at radius 2 is 1.76 bits per heavy atom. The fourth-order valence-corrected chi connectivity index (χ4v) is 1.52. The van der Waals surface area contributed by atoms with Gasteiger partial charge < -0.3 is 5.32 Å². The Labute approximate surface area is 103 Å². The Balaban J connectivity index is 0.000000581. The van der Waals surface area contributed by atoms with E-state index in [0.717, 1.165) is 10.5 Å². The summed E-state index contributed by atoms with van der Waals surface area (Å²) < 4.78 is 22.8. The molecule has 2 heterocycles. The fraction of sp³-hybridized carbons (Fsp3) is 0.778. The number of hydrogen-bond acceptors (Lipinski definition) is 6. The van der Waals surface area contributed by atoms with Crippen LogP contribution in [0.1, 0.15) is 33.4 Å². The highest BCUT2D eigenvalue weighted by atomic mass is 32.2. The van der Waals surface area contributed by atoms with Crippen LogP contribution in [0.25, 0.3) is 0 Å². The predicted molar refractivity (Wildman–Crippen MR) is 68.3 cm³/mol. The first-order valence-electron chi connectivity index (χ1n) is 5.69. The molecule has 0 saturated heterocycles. The molecule has 0 aromatic carbocycles. The van der Waals surface area contributed by atoms with Crippen LogP contribution in [-0.2, 0) is 16.6 Å². The molecule has 2 N–H and O–H groups in total. The van der Waals surface area contributed by atoms with Crippen LogP contribution in [0.5, 0.6) is 0 Å². The molecule has 1 aromatic rings. The van der Waals surface area contributed by atoms with E-state index in [-0.39, 0.29) is 0 Å². The molecular formula is C9H21N5O2S. The highest BCUT2D eigenvalue weighted by molar-refractivity contribution is 7.88. The second-order valence-corrected chi connectivity index (χ2v) is 4.55. The Kier molecular flexibility index (Phi) is 6.74. The molecule has 0 fully saturated rings. The van der Waals surface area contributed by atoms with Crippen LogP contribution >= 0.6 is 0 Å². The fourth-order valence-electron chi connectivity index (χ4n) is 1.05. The zero-order valence-corrected chi connectivity index (χ0v) is 11.8. The first-order chi connectivity index (χ1) is 8.07. The molecule has 7 nitrogen and oxygen atoms in total. The summed E-state index contributed by atoms with van der Waals surface area (Å²) >= 11 is 0. The number of anilines is 1. The Hall–Kier alpha value is -1.15. The maximum absolute atomic E-state index is 11.0. The van der Waals surface area contributed by atoms with Crippen molar-refractivity contribution in [1.29, 1.82) is 0 Å². The standard InChI is InChI=1S/C5H9N5O2S.2C2H6/c1-13(11,12)10-8-4-2-6-3-7-5(4)9-10;2*1-2/h6H,2-3H2,1H3,(H,7,9);2*1-2H3. The van der Waals surface area contributed by atoms with Gasteiger partial charge in [0.1, 0.15) is 5.69 Å². The summed E-state index contributed by atoms with van der Waals surface area (Å²) in [5, 5.41) is 13.5. The van der Waals surface area contributed by atoms with Crippen molar-refractivity contribution in [2.45, 2.75) is 34.2 Å². The maximum Gasteiger partial charge on any atom is 0.267 e. The lowest BCUT2D eigenvalue weighted by molar-refractivity contribution is 0.574. The molecule has 0 radical (unpaired) electrons. The molecule has 0 unspecified atom stereocenters. The molecule has 8 heteroatoms. The topological polar surface area (TPSA) is 88.9 Å². The highest BCUT2D eigenvalue weighted by Crippen LogP contribution is 2.12. The van der Waals surface area contributed by atoms with Crippen molar-refractivity contribution in [2.75, 3.05) is 18.2 Å². The van der Waals surface area contributed by atoms with Gasteiger partial charge in [-0.3, -0.25) is 5.32 Å². The third-order valence-corrected chi connectivity index (χ3v) is 2.39. The third-order valence-electron chi connectivity index (χ3n) is 1.64. The molecule has 2 rings (SSSR count). The molecule has 0 spiro atoms. The van der Waals surface area contributed by atoms with Crippen LogP contribution in [0.2, 0.25) is 0 Å². The number of rotatable bonds is 1. The van der Waals surface area contributed by atoms with Gasteiger partial charge in [0.2, 0.25) is 0 Å². The van der Waals surface area contributed by atoms with E-state index in [2.05, 4.69) is 20.8 Å². The maximum atomic E-state index is 11.0. The summed E-state index contributed by atoms with van der Waals surface area (Å²) in [6.45, 7) is 9.12. The van der Waals surface area contributed by atoms with Gasteiger partial charge in [0.05, 0.1) is 12.9 Å². The number of aromatic nitrogens is 3. The van der Waals surface area contributed by atoms with Crippen molar-refractivity contribution in [1.82, 2.24) is 19.7 Å². The second-order valence-electron chi connectivity index (χ2n) is 2.76. The van der Waals surface area contributed by atoms with Crippen LogP contribution in [0.3, 0.4) is 0 Å². The van der Waals surface area contributed by atoms with Crippen LogP contribution in [0, 0.1) is 0 Å². The Bertz CT molecular complexity index is 403. The molecule has 0 saturated carbocycles. The average molecular weight is 263 g/mol. The normalized spacial score (nSPS) is 13.2. The van der Waals surface area contributed by atoms with Crippen molar-refractivity contribution >= 4 is 15.8 Å². The molecule has 1 aliphatic rings. The summed E-state index contributed by atoms with van der Waals surface area (Å²) in [7, 11) is -3.37. The Morgan fingerprint density at radius 3 is 2.24 bits per heavy atom. The predicted octanol–water partition coefficient (Wildman–Crippen LogP) is 0.611. The van der Waals surface area contributed by atoms with Gasteiger partial charge in [-0.2, -0.15) is 0 Å². The quantitative estimate of drug-likeness (QED) is 0.771. The largest absolute Gasteiger partial charge is 0.354 e. The molecule has 1 aliphatic heterocycles. The van der Waals surface area contributed by atoms with Crippen LogP contribution in [0.15, 0.2) is 0 Å². The molecule has 0 amide bonds. The van der Waals surface area contributed by atoms with E-state index in [1.807, 2.05) is 27.7 Å². The first-order valence-corrected chi connectivity index (χ1v) is 7.53. The van der Waals surface area contributed by atoms with E-state index in [0.29, 0.717) is 24.7 Å². The Morgan fingerprint density at radius 1 is 1.18 bits per heavy atom. The minimum absolute atomic E-state index is 0.532. The zero-order chi connectivity index (χ0) is 13.5. The van der Waals surface area contributed by atoms with Crippen LogP contribution in [0.4, 0.5) is 5.82 Å². The third kappa shape index (κ3) is 4.31. The van der Waals surface area contributed by atoms with Crippen LogP contribution in [-0.4, -0.2) is 35.7 Å². The van der Waals surface area contributed by atoms with Crippen molar-refractivity contribution in [3.63, 3.8) is 0 Å². The summed E-state index contributed by atoms with van der Waals surface area (Å²) in [6.07, 6.45) is 1.06. The molecule has 0 aliphatic carbocycles. The van der Waals surface area contributed by atoms with Gasteiger partial charge in [0, 0.05) is 6.54 Å². The monoisotopic (exact) mass is 263 g/mol. The highest BCUT2D eigenvalue weighted by Gasteiger charge is 2.18. The molecular weight excluding hydrogens is 242 g/mol. The lowest BCUT2D eigenvalue weighted by Crippen LogP contribution is -2.27. The van der Waals surface area contributed by atoms with Crippen molar-refractivity contribution in [3.05, 3.63) is 5.69 Å². The van der Waals surface area contributed by atoms with Gasteiger partial charge in [0.25, 0.3) is 10.0 Å². The molecule has 0 bridgehead atoms. The van der Waals surface area contributed by atoms with E-state index in [1.165, 1.54) is 0 Å². The summed E-state index contributed by atoms with van der Waals surface area (Å²) in [4.78, 5) is 0. The first kappa shape index (κ1) is 15.9. The number of nitrogens with zero attached hydrogens (tertiary/aromatic N) is 3. The van der Waals surface area contributed by atoms with Gasteiger partial charge in [-0.1, -0.05) is 31.9 Å². The SMILES string of the molecule is CC.CC.CS(=O)(=O)n1nc2c(n1)NCNC2. The minimum atomic E-state index is -3.37. The van der Waals surface area contributed by atoms with Gasteiger partial charge in [-0.15, -0.1) is 10.2 Å². The van der Waals surface area contributed by atoms with Crippen molar-refractivity contribution in [3.8, 4) is 0 Å². The van der Waals surface area contributed by atoms with E-state index in [9.17, 15) is 8.42 Å². The van der Waals surface area contributed by atoms with E-state index >= 15 is 0 Å². The summed E-state index contributed by atoms with van der Waals surface area (Å²) in [5.74, 6) is 0.532. The molecule has 17 heavy (non-hydrogen) atoms. The lowest BCUT2D eigenvalue weighted by atomic mass is 10.4. The second kappa shape index (κ2) is 7.23.